The molecule has 1 fully saturated rings. The van der Waals surface area contributed by atoms with Crippen LogP contribution < -0.4 is 10.2 Å². The second kappa shape index (κ2) is 8.55. The number of rotatable bonds is 5. The van der Waals surface area contributed by atoms with E-state index in [1.807, 2.05) is 84.6 Å². The van der Waals surface area contributed by atoms with E-state index in [0.717, 1.165) is 40.8 Å². The van der Waals surface area contributed by atoms with E-state index in [1.54, 1.807) is 0 Å². The van der Waals surface area contributed by atoms with E-state index < -0.39 is 23.4 Å². The molecule has 1 saturated heterocycles. The van der Waals surface area contributed by atoms with Crippen molar-refractivity contribution in [3.63, 3.8) is 0 Å². The fourth-order valence-electron chi connectivity index (χ4n) is 6.76. The monoisotopic (exact) mass is 490 g/mol. The maximum Gasteiger partial charge on any atom is 0.238 e. The molecule has 3 aromatic rings. The highest BCUT2D eigenvalue weighted by Crippen LogP contribution is 2.57. The number of ketones is 2. The van der Waals surface area contributed by atoms with Crippen LogP contribution in [0.1, 0.15) is 52.9 Å². The quantitative estimate of drug-likeness (QED) is 0.479. The van der Waals surface area contributed by atoms with Crippen LogP contribution in [0, 0.1) is 12.8 Å². The largest absolute Gasteiger partial charge is 0.352 e. The second-order valence-electron chi connectivity index (χ2n) is 10.5. The molecule has 1 amide bonds. The highest BCUT2D eigenvalue weighted by Gasteiger charge is 2.69. The Kier molecular flexibility index (Phi) is 5.41. The number of nitrogens with one attached hydrogen (secondary N) is 1. The predicted molar refractivity (Wildman–Crippen MR) is 146 cm³/mol. The number of carbonyl (C=O) groups excluding carboxylic acids is 3. The van der Waals surface area contributed by atoms with Crippen molar-refractivity contribution in [3.05, 3.63) is 101 Å². The molecule has 4 unspecified atom stereocenters. The summed E-state index contributed by atoms with van der Waals surface area (Å²) in [5.74, 6) is -1.41. The van der Waals surface area contributed by atoms with Crippen molar-refractivity contribution in [1.82, 2.24) is 0 Å². The van der Waals surface area contributed by atoms with Gasteiger partial charge in [0.05, 0.1) is 18.0 Å². The number of aryl methyl sites for hydroxylation is 2. The summed E-state index contributed by atoms with van der Waals surface area (Å²) in [6, 6.07) is 20.1. The molecule has 4 atom stereocenters. The van der Waals surface area contributed by atoms with Crippen LogP contribution in [0.15, 0.2) is 72.8 Å². The highest BCUT2D eigenvalue weighted by atomic mass is 16.2. The molecule has 5 nitrogen and oxygen atoms in total. The molecule has 0 radical (unpaired) electrons. The predicted octanol–water partition coefficient (Wildman–Crippen LogP) is 5.51. The number of amides is 1. The van der Waals surface area contributed by atoms with Gasteiger partial charge < -0.3 is 10.2 Å². The lowest BCUT2D eigenvalue weighted by Gasteiger charge is -2.37. The number of benzene rings is 3. The van der Waals surface area contributed by atoms with Crippen LogP contribution in [0.4, 0.5) is 11.4 Å². The molecular weight excluding hydrogens is 460 g/mol. The Hall–Kier alpha value is -3.99. The summed E-state index contributed by atoms with van der Waals surface area (Å²) in [6.07, 6.45) is 5.99. The summed E-state index contributed by atoms with van der Waals surface area (Å²) in [5, 5.41) is 3.05. The zero-order valence-electron chi connectivity index (χ0n) is 21.3. The molecule has 0 aliphatic carbocycles. The first-order valence-corrected chi connectivity index (χ1v) is 13.0. The molecule has 3 aromatic carbocycles. The molecule has 1 spiro atoms. The van der Waals surface area contributed by atoms with Crippen LogP contribution in [0.5, 0.6) is 0 Å². The van der Waals surface area contributed by atoms with Gasteiger partial charge in [-0.15, -0.1) is 0 Å². The van der Waals surface area contributed by atoms with Gasteiger partial charge in [-0.25, -0.2) is 0 Å². The third-order valence-electron chi connectivity index (χ3n) is 8.26. The maximum atomic E-state index is 14.5. The third-order valence-corrected chi connectivity index (χ3v) is 8.26. The van der Waals surface area contributed by atoms with Crippen LogP contribution in [-0.2, 0) is 21.4 Å². The standard InChI is InChI=1S/C32H30N2O3/c1-4-7-21-11-13-22(14-12-21)30(36)28-29(20(3)35)34-26-16-10-19(2)18-23(26)15-17-27(34)32(28)24-8-5-6-9-25(24)33-31(32)37/h5-6,8-18,27-29H,4,7H2,1-3H3,(H,33,37). The molecule has 3 aliphatic rings. The van der Waals surface area contributed by atoms with E-state index in [4.69, 9.17) is 0 Å². The minimum Gasteiger partial charge on any atom is -0.352 e. The van der Waals surface area contributed by atoms with Crippen molar-refractivity contribution in [1.29, 1.82) is 0 Å². The third kappa shape index (κ3) is 3.26. The lowest BCUT2D eigenvalue weighted by Crippen LogP contribution is -2.51. The number of anilines is 2. The number of para-hydroxylation sites is 1. The van der Waals surface area contributed by atoms with Crippen molar-refractivity contribution in [2.24, 2.45) is 5.92 Å². The van der Waals surface area contributed by atoms with Gasteiger partial charge in [-0.1, -0.05) is 79.6 Å². The lowest BCUT2D eigenvalue weighted by molar-refractivity contribution is -0.122. The molecule has 186 valence electrons. The molecule has 0 bridgehead atoms. The Labute approximate surface area is 217 Å². The lowest BCUT2D eigenvalue weighted by atomic mass is 9.64. The van der Waals surface area contributed by atoms with Crippen molar-refractivity contribution < 1.29 is 14.4 Å². The Morgan fingerprint density at radius 3 is 2.51 bits per heavy atom. The van der Waals surface area contributed by atoms with Crippen molar-refractivity contribution in [2.75, 3.05) is 10.2 Å². The number of hydrogen-bond donors (Lipinski definition) is 1. The molecular formula is C32H30N2O3. The summed E-state index contributed by atoms with van der Waals surface area (Å²) in [7, 11) is 0. The van der Waals surface area contributed by atoms with Crippen LogP contribution in [-0.4, -0.2) is 29.6 Å². The minimum absolute atomic E-state index is 0.123. The van der Waals surface area contributed by atoms with Gasteiger partial charge in [0.15, 0.2) is 11.6 Å². The molecule has 5 heteroatoms. The van der Waals surface area contributed by atoms with Crippen LogP contribution in [0.2, 0.25) is 0 Å². The van der Waals surface area contributed by atoms with Gasteiger partial charge in [-0.3, -0.25) is 14.4 Å². The first-order valence-electron chi connectivity index (χ1n) is 13.0. The molecule has 0 saturated carbocycles. The SMILES string of the molecule is CCCc1ccc(C(=O)C2C(C(C)=O)N3c4ccc(C)cc4C=CC3C23C(=O)Nc2ccccc23)cc1. The summed E-state index contributed by atoms with van der Waals surface area (Å²) in [6.45, 7) is 5.69. The molecule has 3 heterocycles. The summed E-state index contributed by atoms with van der Waals surface area (Å²) in [5.41, 5.74) is 4.92. The van der Waals surface area contributed by atoms with E-state index in [1.165, 1.54) is 6.92 Å². The van der Waals surface area contributed by atoms with Crippen LogP contribution in [0.25, 0.3) is 6.08 Å². The van der Waals surface area contributed by atoms with Gasteiger partial charge in [-0.05, 0) is 55.2 Å². The number of carbonyl (C=O) groups is 3. The zero-order valence-corrected chi connectivity index (χ0v) is 21.3. The zero-order chi connectivity index (χ0) is 25.9. The van der Waals surface area contributed by atoms with Crippen molar-refractivity contribution in [3.8, 4) is 0 Å². The van der Waals surface area contributed by atoms with Gasteiger partial charge >= 0.3 is 0 Å². The first-order chi connectivity index (χ1) is 17.9. The van der Waals surface area contributed by atoms with E-state index in [0.29, 0.717) is 11.3 Å². The summed E-state index contributed by atoms with van der Waals surface area (Å²) in [4.78, 5) is 44.1. The number of Topliss-reactive ketones (excluding diaryl/α,β-unsaturated/α-hetero) is 2. The number of nitrogens with zero attached hydrogens (tertiary/aromatic N) is 1. The van der Waals surface area contributed by atoms with Gasteiger partial charge in [0, 0.05) is 16.9 Å². The topological polar surface area (TPSA) is 66.5 Å². The fraction of sp³-hybridized carbons (Fsp3) is 0.281. The van der Waals surface area contributed by atoms with E-state index in [-0.39, 0.29) is 17.5 Å². The Morgan fingerprint density at radius 1 is 1.03 bits per heavy atom. The molecule has 3 aliphatic heterocycles. The minimum atomic E-state index is -1.23. The fourth-order valence-corrected chi connectivity index (χ4v) is 6.76. The van der Waals surface area contributed by atoms with E-state index >= 15 is 0 Å². The van der Waals surface area contributed by atoms with Crippen molar-refractivity contribution in [2.45, 2.75) is 51.1 Å². The number of fused-ring (bicyclic) bond motifs is 6. The van der Waals surface area contributed by atoms with Crippen LogP contribution >= 0.6 is 0 Å². The van der Waals surface area contributed by atoms with Gasteiger partial charge in [-0.2, -0.15) is 0 Å². The van der Waals surface area contributed by atoms with Gasteiger partial charge in [0.25, 0.3) is 0 Å². The average molecular weight is 491 g/mol. The highest BCUT2D eigenvalue weighted by molar-refractivity contribution is 6.16. The smallest absolute Gasteiger partial charge is 0.238 e. The van der Waals surface area contributed by atoms with E-state index in [2.05, 4.69) is 18.3 Å². The molecule has 1 N–H and O–H groups in total. The average Bonchev–Trinajstić information content (AvgIpc) is 3.37. The molecule has 37 heavy (non-hydrogen) atoms. The number of hydrogen-bond acceptors (Lipinski definition) is 4. The van der Waals surface area contributed by atoms with Gasteiger partial charge in [0.2, 0.25) is 5.91 Å². The first kappa shape index (κ1) is 23.4. The van der Waals surface area contributed by atoms with Gasteiger partial charge in [0.1, 0.15) is 5.41 Å². The normalized spacial score (nSPS) is 25.0. The Bertz CT molecular complexity index is 1470. The second-order valence-corrected chi connectivity index (χ2v) is 10.5. The molecule has 0 aromatic heterocycles. The summed E-state index contributed by atoms with van der Waals surface area (Å²) < 4.78 is 0. The maximum absolute atomic E-state index is 14.5. The van der Waals surface area contributed by atoms with Crippen LogP contribution in [0.3, 0.4) is 0 Å². The Morgan fingerprint density at radius 2 is 1.78 bits per heavy atom. The molecule has 6 rings (SSSR count). The van der Waals surface area contributed by atoms with Crippen molar-refractivity contribution >= 4 is 34.9 Å². The van der Waals surface area contributed by atoms with E-state index in [9.17, 15) is 14.4 Å². The summed E-state index contributed by atoms with van der Waals surface area (Å²) >= 11 is 0. The Balaban J connectivity index is 1.60.